The lowest BCUT2D eigenvalue weighted by Gasteiger charge is -2.28. The number of aliphatic hydroxyl groups excluding tert-OH is 1. The minimum Gasteiger partial charge on any atom is -0.490 e. The molecule has 4 aromatic rings. The molecule has 0 aliphatic carbocycles. The fraction of sp³-hybridized carbons (Fsp3) is 0.250. The van der Waals surface area contributed by atoms with E-state index in [1.807, 2.05) is 48.8 Å². The van der Waals surface area contributed by atoms with E-state index in [9.17, 15) is 5.11 Å². The summed E-state index contributed by atoms with van der Waals surface area (Å²) in [5.41, 5.74) is 4.35. The summed E-state index contributed by atoms with van der Waals surface area (Å²) in [4.78, 5) is 8.67. The lowest BCUT2D eigenvalue weighted by atomic mass is 9.99. The van der Waals surface area contributed by atoms with Crippen molar-refractivity contribution in [2.75, 3.05) is 26.2 Å². The summed E-state index contributed by atoms with van der Waals surface area (Å²) in [5, 5.41) is 13.7. The molecule has 7 heteroatoms. The first-order valence-corrected chi connectivity index (χ1v) is 11.1. The zero-order valence-corrected chi connectivity index (χ0v) is 18.4. The summed E-state index contributed by atoms with van der Waals surface area (Å²) < 4.78 is 5.89. The Balaban J connectivity index is 1.20. The minimum atomic E-state index is -0.557. The van der Waals surface area contributed by atoms with Crippen molar-refractivity contribution < 1.29 is 9.84 Å². The monoisotopic (exact) mass is 455 g/mol. The van der Waals surface area contributed by atoms with Crippen LogP contribution in [0.5, 0.6) is 5.75 Å². The van der Waals surface area contributed by atoms with Gasteiger partial charge in [0.25, 0.3) is 0 Å². The van der Waals surface area contributed by atoms with Crippen molar-refractivity contribution in [2.24, 2.45) is 0 Å². The van der Waals surface area contributed by atoms with Crippen molar-refractivity contribution in [2.45, 2.75) is 12.5 Å². The number of aliphatic hydroxyl groups is 1. The Morgan fingerprint density at radius 3 is 2.84 bits per heavy atom. The van der Waals surface area contributed by atoms with Crippen LogP contribution in [-0.4, -0.2) is 52.3 Å². The molecule has 0 bridgehead atoms. The van der Waals surface area contributed by atoms with Crippen LogP contribution in [0.25, 0.3) is 27.4 Å². The van der Waals surface area contributed by atoms with E-state index in [2.05, 4.69) is 20.9 Å². The third-order valence-electron chi connectivity index (χ3n) is 5.84. The third kappa shape index (κ3) is 4.06. The Labute approximate surface area is 190 Å². The SMILES string of the molecule is OC(COc1cccc2[nH]ccc12)CN1CC=C(c2c[nH]c3c(Cl)c(Cl)ccc23)CC1. The quantitative estimate of drug-likeness (QED) is 0.360. The summed E-state index contributed by atoms with van der Waals surface area (Å²) in [7, 11) is 0. The van der Waals surface area contributed by atoms with Gasteiger partial charge < -0.3 is 19.8 Å². The standard InChI is InChI=1S/C24H23Cl2N3O2/c25-20-5-4-17-19(12-28-24(17)23(20)26)15-7-10-29(11-8-15)13-16(30)14-31-22-3-1-2-21-18(22)6-9-27-21/h1-7,9,12,16,27-28,30H,8,10-11,13-14H2. The number of hydrogen-bond donors (Lipinski definition) is 3. The number of rotatable bonds is 6. The molecular formula is C24H23Cl2N3O2. The second kappa shape index (κ2) is 8.60. The molecule has 3 N–H and O–H groups in total. The van der Waals surface area contributed by atoms with Gasteiger partial charge in [0.1, 0.15) is 18.5 Å². The average Bonchev–Trinajstić information content (AvgIpc) is 3.43. The highest BCUT2D eigenvalue weighted by Crippen LogP contribution is 2.35. The fourth-order valence-electron chi connectivity index (χ4n) is 4.24. The van der Waals surface area contributed by atoms with E-state index in [1.54, 1.807) is 0 Å². The smallest absolute Gasteiger partial charge is 0.128 e. The molecule has 0 spiro atoms. The summed E-state index contributed by atoms with van der Waals surface area (Å²) >= 11 is 12.5. The fourth-order valence-corrected chi connectivity index (χ4v) is 4.62. The molecule has 0 radical (unpaired) electrons. The normalized spacial score (nSPS) is 16.0. The summed E-state index contributed by atoms with van der Waals surface area (Å²) in [5.74, 6) is 0.789. The van der Waals surface area contributed by atoms with Crippen molar-refractivity contribution in [1.29, 1.82) is 0 Å². The minimum absolute atomic E-state index is 0.263. The molecule has 0 amide bonds. The maximum absolute atomic E-state index is 10.5. The van der Waals surface area contributed by atoms with Crippen molar-refractivity contribution in [3.05, 3.63) is 70.5 Å². The second-order valence-electron chi connectivity index (χ2n) is 7.89. The first-order valence-electron chi connectivity index (χ1n) is 10.3. The summed E-state index contributed by atoms with van der Waals surface area (Å²) in [6.45, 7) is 2.50. The van der Waals surface area contributed by atoms with Gasteiger partial charge in [-0.15, -0.1) is 0 Å². The van der Waals surface area contributed by atoms with E-state index in [1.165, 1.54) is 5.57 Å². The molecule has 5 nitrogen and oxygen atoms in total. The number of fused-ring (bicyclic) bond motifs is 2. The van der Waals surface area contributed by atoms with Gasteiger partial charge in [0.15, 0.2) is 0 Å². The van der Waals surface area contributed by atoms with Gasteiger partial charge in [0.2, 0.25) is 0 Å². The highest BCUT2D eigenvalue weighted by atomic mass is 35.5. The number of nitrogens with zero attached hydrogens (tertiary/aromatic N) is 1. The first kappa shape index (κ1) is 20.5. The molecule has 2 aromatic carbocycles. The van der Waals surface area contributed by atoms with Crippen LogP contribution < -0.4 is 4.74 Å². The lowest BCUT2D eigenvalue weighted by molar-refractivity contribution is 0.0722. The van der Waals surface area contributed by atoms with E-state index >= 15 is 0 Å². The van der Waals surface area contributed by atoms with E-state index in [0.29, 0.717) is 16.6 Å². The van der Waals surface area contributed by atoms with E-state index in [-0.39, 0.29) is 6.61 Å². The van der Waals surface area contributed by atoms with Gasteiger partial charge in [-0.2, -0.15) is 0 Å². The van der Waals surface area contributed by atoms with Gasteiger partial charge in [-0.3, -0.25) is 4.90 Å². The number of aromatic nitrogens is 2. The van der Waals surface area contributed by atoms with Crippen LogP contribution in [0.1, 0.15) is 12.0 Å². The molecule has 5 rings (SSSR count). The Morgan fingerprint density at radius 1 is 1.10 bits per heavy atom. The zero-order valence-electron chi connectivity index (χ0n) is 16.9. The topological polar surface area (TPSA) is 64.3 Å². The number of benzene rings is 2. The van der Waals surface area contributed by atoms with Gasteiger partial charge in [0, 0.05) is 53.9 Å². The second-order valence-corrected chi connectivity index (χ2v) is 8.67. The van der Waals surface area contributed by atoms with Crippen molar-refractivity contribution in [3.63, 3.8) is 0 Å². The predicted octanol–water partition coefficient (Wildman–Crippen LogP) is 5.49. The van der Waals surface area contributed by atoms with Gasteiger partial charge in [0.05, 0.1) is 15.6 Å². The van der Waals surface area contributed by atoms with Crippen LogP contribution in [0.4, 0.5) is 0 Å². The van der Waals surface area contributed by atoms with E-state index in [0.717, 1.165) is 52.6 Å². The predicted molar refractivity (Wildman–Crippen MR) is 127 cm³/mol. The number of β-amino-alcohol motifs (C(OH)–C–C–N with tert-alkyl or cyclic N) is 1. The third-order valence-corrected chi connectivity index (χ3v) is 6.64. The largest absolute Gasteiger partial charge is 0.490 e. The van der Waals surface area contributed by atoms with Crippen molar-refractivity contribution in [3.8, 4) is 5.75 Å². The van der Waals surface area contributed by atoms with Crippen LogP contribution in [0.15, 0.2) is 54.9 Å². The molecule has 160 valence electrons. The van der Waals surface area contributed by atoms with Crippen LogP contribution in [0.2, 0.25) is 10.0 Å². The highest BCUT2D eigenvalue weighted by Gasteiger charge is 2.19. The number of ether oxygens (including phenoxy) is 1. The Kier molecular flexibility index (Phi) is 5.67. The maximum atomic E-state index is 10.5. The highest BCUT2D eigenvalue weighted by molar-refractivity contribution is 6.45. The Morgan fingerprint density at radius 2 is 2.00 bits per heavy atom. The number of halogens is 2. The lowest BCUT2D eigenvalue weighted by Crippen LogP contribution is -2.38. The molecule has 2 aromatic heterocycles. The van der Waals surface area contributed by atoms with Crippen LogP contribution in [0.3, 0.4) is 0 Å². The van der Waals surface area contributed by atoms with Gasteiger partial charge in [-0.05, 0) is 36.3 Å². The molecule has 1 aliphatic heterocycles. The average molecular weight is 456 g/mol. The summed E-state index contributed by atoms with van der Waals surface area (Å²) in [6.07, 6.45) is 6.46. The first-order chi connectivity index (χ1) is 15.1. The van der Waals surface area contributed by atoms with Crippen molar-refractivity contribution in [1.82, 2.24) is 14.9 Å². The molecule has 31 heavy (non-hydrogen) atoms. The molecule has 3 heterocycles. The van der Waals surface area contributed by atoms with Gasteiger partial charge in [-0.1, -0.05) is 41.4 Å². The molecule has 0 saturated heterocycles. The molecular weight excluding hydrogens is 433 g/mol. The van der Waals surface area contributed by atoms with Crippen LogP contribution >= 0.6 is 23.2 Å². The summed E-state index contributed by atoms with van der Waals surface area (Å²) in [6, 6.07) is 11.7. The maximum Gasteiger partial charge on any atom is 0.128 e. The molecule has 1 atom stereocenters. The van der Waals surface area contributed by atoms with Gasteiger partial charge >= 0.3 is 0 Å². The number of hydrogen-bond acceptors (Lipinski definition) is 3. The van der Waals surface area contributed by atoms with Crippen LogP contribution in [-0.2, 0) is 0 Å². The molecule has 1 unspecified atom stereocenters. The molecule has 0 fully saturated rings. The zero-order chi connectivity index (χ0) is 21.4. The Bertz CT molecular complexity index is 1260. The van der Waals surface area contributed by atoms with Crippen LogP contribution in [0, 0.1) is 0 Å². The number of H-pyrrole nitrogens is 2. The van der Waals surface area contributed by atoms with Crippen molar-refractivity contribution >= 4 is 50.6 Å². The van der Waals surface area contributed by atoms with Gasteiger partial charge in [-0.25, -0.2) is 0 Å². The molecule has 0 saturated carbocycles. The van der Waals surface area contributed by atoms with E-state index in [4.69, 9.17) is 27.9 Å². The number of aromatic amines is 2. The number of nitrogens with one attached hydrogen (secondary N) is 2. The molecule has 1 aliphatic rings. The Hall–Kier alpha value is -2.44. The van der Waals surface area contributed by atoms with E-state index < -0.39 is 6.10 Å².